The molecule has 1 aromatic carbocycles. The molecular weight excluding hydrogens is 296 g/mol. The van der Waals surface area contributed by atoms with Crippen molar-refractivity contribution in [2.45, 2.75) is 13.5 Å². The second-order valence-corrected chi connectivity index (χ2v) is 4.95. The van der Waals surface area contributed by atoms with Crippen molar-refractivity contribution in [3.63, 3.8) is 0 Å². The van der Waals surface area contributed by atoms with Crippen LogP contribution in [0.5, 0.6) is 0 Å². The number of nitrogens with zero attached hydrogens (tertiary/aromatic N) is 3. The lowest BCUT2D eigenvalue weighted by Crippen LogP contribution is -2.23. The Balaban J connectivity index is 2.03. The van der Waals surface area contributed by atoms with Gasteiger partial charge >= 0.3 is 0 Å². The van der Waals surface area contributed by atoms with E-state index in [0.29, 0.717) is 17.9 Å². The Labute approximate surface area is 113 Å². The summed E-state index contributed by atoms with van der Waals surface area (Å²) < 4.78 is 2.49. The number of benzene rings is 1. The van der Waals surface area contributed by atoms with E-state index in [4.69, 9.17) is 0 Å². The number of amides is 1. The minimum Gasteiger partial charge on any atom is -0.345 e. The zero-order chi connectivity index (χ0) is 13.1. The van der Waals surface area contributed by atoms with Crippen molar-refractivity contribution in [2.24, 2.45) is 7.05 Å². The Bertz CT molecular complexity index is 559. The van der Waals surface area contributed by atoms with Crippen molar-refractivity contribution in [2.75, 3.05) is 0 Å². The fourth-order valence-electron chi connectivity index (χ4n) is 1.59. The summed E-state index contributed by atoms with van der Waals surface area (Å²) in [6.07, 6.45) is 1.60. The largest absolute Gasteiger partial charge is 0.345 e. The van der Waals surface area contributed by atoms with Crippen LogP contribution in [0.3, 0.4) is 0 Å². The molecule has 1 heterocycles. The van der Waals surface area contributed by atoms with Crippen molar-refractivity contribution in [3.8, 4) is 0 Å². The molecular formula is C12H13BrN4O. The summed E-state index contributed by atoms with van der Waals surface area (Å²) >= 11 is 3.37. The first-order chi connectivity index (χ1) is 8.54. The molecule has 18 heavy (non-hydrogen) atoms. The third-order valence-corrected chi connectivity index (χ3v) is 2.82. The lowest BCUT2D eigenvalue weighted by atomic mass is 10.1. The van der Waals surface area contributed by atoms with Gasteiger partial charge in [0.2, 0.25) is 0 Å². The maximum absolute atomic E-state index is 11.9. The highest BCUT2D eigenvalue weighted by Gasteiger charge is 2.08. The molecule has 0 aliphatic heterocycles. The predicted molar refractivity (Wildman–Crippen MR) is 71.1 cm³/mol. The highest BCUT2D eigenvalue weighted by molar-refractivity contribution is 9.10. The smallest absolute Gasteiger partial charge is 0.251 e. The normalized spacial score (nSPS) is 10.4. The van der Waals surface area contributed by atoms with Gasteiger partial charge in [-0.25, -0.2) is 4.98 Å². The van der Waals surface area contributed by atoms with Crippen molar-refractivity contribution >= 4 is 21.8 Å². The number of aromatic nitrogens is 3. The first-order valence-corrected chi connectivity index (χ1v) is 6.24. The molecule has 1 aromatic heterocycles. The lowest BCUT2D eigenvalue weighted by molar-refractivity contribution is 0.0949. The second-order valence-electron chi connectivity index (χ2n) is 4.03. The molecule has 0 saturated carbocycles. The van der Waals surface area contributed by atoms with Crippen molar-refractivity contribution < 1.29 is 4.79 Å². The first kappa shape index (κ1) is 12.8. The van der Waals surface area contributed by atoms with E-state index in [-0.39, 0.29) is 5.91 Å². The summed E-state index contributed by atoms with van der Waals surface area (Å²) in [4.78, 5) is 16.0. The minimum absolute atomic E-state index is 0.133. The van der Waals surface area contributed by atoms with Gasteiger partial charge in [0.15, 0.2) is 5.82 Å². The van der Waals surface area contributed by atoms with Crippen LogP contribution in [-0.4, -0.2) is 20.7 Å². The van der Waals surface area contributed by atoms with Crippen LogP contribution in [0, 0.1) is 6.92 Å². The maximum atomic E-state index is 11.9. The average Bonchev–Trinajstić information content (AvgIpc) is 2.70. The molecule has 1 N–H and O–H groups in total. The van der Waals surface area contributed by atoms with Gasteiger partial charge in [-0.05, 0) is 30.7 Å². The van der Waals surface area contributed by atoms with E-state index in [0.717, 1.165) is 10.0 Å². The van der Waals surface area contributed by atoms with Gasteiger partial charge in [-0.3, -0.25) is 9.48 Å². The zero-order valence-electron chi connectivity index (χ0n) is 10.1. The summed E-state index contributed by atoms with van der Waals surface area (Å²) in [6, 6.07) is 5.58. The summed E-state index contributed by atoms with van der Waals surface area (Å²) in [7, 11) is 1.79. The van der Waals surface area contributed by atoms with Gasteiger partial charge in [-0.15, -0.1) is 0 Å². The highest BCUT2D eigenvalue weighted by Crippen LogP contribution is 2.15. The van der Waals surface area contributed by atoms with Crippen LogP contribution in [0.25, 0.3) is 0 Å². The highest BCUT2D eigenvalue weighted by atomic mass is 79.9. The van der Waals surface area contributed by atoms with Crippen LogP contribution < -0.4 is 5.32 Å². The molecule has 94 valence electrons. The number of carbonyl (C=O) groups excluding carboxylic acids is 1. The van der Waals surface area contributed by atoms with Gasteiger partial charge in [0.1, 0.15) is 6.33 Å². The number of nitrogens with one attached hydrogen (secondary N) is 1. The Hall–Kier alpha value is -1.69. The van der Waals surface area contributed by atoms with Crippen molar-refractivity contribution in [1.29, 1.82) is 0 Å². The fraction of sp³-hybridized carbons (Fsp3) is 0.250. The van der Waals surface area contributed by atoms with Crippen LogP contribution in [0.2, 0.25) is 0 Å². The molecule has 0 unspecified atom stereocenters. The number of hydrogen-bond acceptors (Lipinski definition) is 3. The number of rotatable bonds is 3. The zero-order valence-corrected chi connectivity index (χ0v) is 11.7. The Morgan fingerprint density at radius 2 is 2.22 bits per heavy atom. The van der Waals surface area contributed by atoms with Crippen LogP contribution >= 0.6 is 15.9 Å². The SMILES string of the molecule is Cc1cc(Br)cc(C(=O)NCc2ncn(C)n2)c1. The van der Waals surface area contributed by atoms with Crippen molar-refractivity contribution in [1.82, 2.24) is 20.1 Å². The van der Waals surface area contributed by atoms with E-state index >= 15 is 0 Å². The molecule has 2 rings (SSSR count). The summed E-state index contributed by atoms with van der Waals surface area (Å²) in [6.45, 7) is 2.27. The Kier molecular flexibility index (Phi) is 3.76. The van der Waals surface area contributed by atoms with E-state index < -0.39 is 0 Å². The number of aryl methyl sites for hydroxylation is 2. The average molecular weight is 309 g/mol. The van der Waals surface area contributed by atoms with Gasteiger partial charge in [-0.1, -0.05) is 15.9 Å². The van der Waals surface area contributed by atoms with Crippen LogP contribution in [0.15, 0.2) is 29.0 Å². The Morgan fingerprint density at radius 1 is 1.44 bits per heavy atom. The van der Waals surface area contributed by atoms with Gasteiger partial charge < -0.3 is 5.32 Å². The van der Waals surface area contributed by atoms with E-state index in [9.17, 15) is 4.79 Å². The van der Waals surface area contributed by atoms with E-state index in [1.54, 1.807) is 24.1 Å². The number of halogens is 1. The number of carbonyl (C=O) groups is 1. The van der Waals surface area contributed by atoms with Gasteiger partial charge in [0.05, 0.1) is 6.54 Å². The Morgan fingerprint density at radius 3 is 2.83 bits per heavy atom. The van der Waals surface area contributed by atoms with Crippen LogP contribution in [0.1, 0.15) is 21.7 Å². The molecule has 1 amide bonds. The van der Waals surface area contributed by atoms with Gasteiger partial charge in [-0.2, -0.15) is 5.10 Å². The summed E-state index contributed by atoms with van der Waals surface area (Å²) in [5.41, 5.74) is 1.66. The standard InChI is InChI=1S/C12H13BrN4O/c1-8-3-9(5-10(13)4-8)12(18)14-6-11-15-7-17(2)16-11/h3-5,7H,6H2,1-2H3,(H,14,18). The van der Waals surface area contributed by atoms with Crippen molar-refractivity contribution in [3.05, 3.63) is 46.0 Å². The number of hydrogen-bond donors (Lipinski definition) is 1. The third-order valence-electron chi connectivity index (χ3n) is 2.36. The molecule has 0 aliphatic carbocycles. The molecule has 0 atom stereocenters. The van der Waals surface area contributed by atoms with E-state index in [2.05, 4.69) is 31.3 Å². The van der Waals surface area contributed by atoms with E-state index in [1.807, 2.05) is 19.1 Å². The molecule has 6 heteroatoms. The third kappa shape index (κ3) is 3.16. The quantitative estimate of drug-likeness (QED) is 0.941. The molecule has 5 nitrogen and oxygen atoms in total. The predicted octanol–water partition coefficient (Wildman–Crippen LogP) is 1.82. The topological polar surface area (TPSA) is 59.8 Å². The molecule has 0 spiro atoms. The summed E-state index contributed by atoms with van der Waals surface area (Å²) in [5, 5.41) is 6.88. The molecule has 2 aromatic rings. The van der Waals surface area contributed by atoms with Gasteiger partial charge in [0.25, 0.3) is 5.91 Å². The molecule has 0 radical (unpaired) electrons. The van der Waals surface area contributed by atoms with Gasteiger partial charge in [0, 0.05) is 17.1 Å². The first-order valence-electron chi connectivity index (χ1n) is 5.44. The minimum atomic E-state index is -0.133. The molecule has 0 fully saturated rings. The molecule has 0 aliphatic rings. The maximum Gasteiger partial charge on any atom is 0.251 e. The van der Waals surface area contributed by atoms with E-state index in [1.165, 1.54) is 0 Å². The molecule has 0 saturated heterocycles. The lowest BCUT2D eigenvalue weighted by Gasteiger charge is -2.04. The monoisotopic (exact) mass is 308 g/mol. The summed E-state index contributed by atoms with van der Waals surface area (Å²) in [5.74, 6) is 0.462. The molecule has 0 bridgehead atoms. The van der Waals surface area contributed by atoms with Crippen LogP contribution in [-0.2, 0) is 13.6 Å². The fourth-order valence-corrected chi connectivity index (χ4v) is 2.20. The second kappa shape index (κ2) is 5.30. The van der Waals surface area contributed by atoms with Crippen LogP contribution in [0.4, 0.5) is 0 Å².